The number of carboxylic acids is 1. The largest absolute Gasteiger partial charge is 0.481 e. The smallest absolute Gasteiger partial charge is 0.305 e. The minimum absolute atomic E-state index is 0. The van der Waals surface area contributed by atoms with Crippen LogP contribution in [0.15, 0.2) is 18.2 Å². The predicted molar refractivity (Wildman–Crippen MR) is 59.8 cm³/mol. The van der Waals surface area contributed by atoms with Crippen molar-refractivity contribution in [1.29, 1.82) is 0 Å². The maximum Gasteiger partial charge on any atom is 0.305 e. The second kappa shape index (κ2) is 10.8. The molecule has 97 valence electrons. The molecule has 5 heteroatoms. The Morgan fingerprint density at radius 2 is 1.56 bits per heavy atom. The Hall–Kier alpha value is -0.680. The van der Waals surface area contributed by atoms with Crippen molar-refractivity contribution in [3.05, 3.63) is 29.6 Å². The van der Waals surface area contributed by atoms with Crippen molar-refractivity contribution in [3.8, 4) is 0 Å². The van der Waals surface area contributed by atoms with Crippen LogP contribution in [0.1, 0.15) is 25.2 Å². The fourth-order valence-electron chi connectivity index (χ4n) is 0.679. The Balaban J connectivity index is -0.000000195. The fourth-order valence-corrected chi connectivity index (χ4v) is 0.679. The molecular formula is C11H19AgNO3. The van der Waals surface area contributed by atoms with Gasteiger partial charge in [0.05, 0.1) is 5.92 Å². The third-order valence-corrected chi connectivity index (χ3v) is 1.52. The van der Waals surface area contributed by atoms with Gasteiger partial charge in [0.2, 0.25) is 0 Å². The first-order valence-electron chi connectivity index (χ1n) is 4.56. The van der Waals surface area contributed by atoms with Crippen LogP contribution < -0.4 is 0 Å². The molecule has 1 heterocycles. The molecule has 1 aromatic heterocycles. The van der Waals surface area contributed by atoms with Gasteiger partial charge in [0.15, 0.2) is 0 Å². The minimum Gasteiger partial charge on any atom is -0.481 e. The number of aryl methyl sites for hydroxylation is 2. The van der Waals surface area contributed by atoms with Gasteiger partial charge in [-0.05, 0) is 26.0 Å². The van der Waals surface area contributed by atoms with E-state index in [1.165, 1.54) is 0 Å². The van der Waals surface area contributed by atoms with Gasteiger partial charge in [0, 0.05) is 33.8 Å². The Morgan fingerprint density at radius 1 is 1.25 bits per heavy atom. The van der Waals surface area contributed by atoms with Crippen LogP contribution in [0.2, 0.25) is 0 Å². The van der Waals surface area contributed by atoms with Gasteiger partial charge in [-0.1, -0.05) is 19.9 Å². The first-order valence-corrected chi connectivity index (χ1v) is 4.56. The summed E-state index contributed by atoms with van der Waals surface area (Å²) in [6, 6.07) is 6.00. The first-order chi connectivity index (χ1) is 6.43. The van der Waals surface area contributed by atoms with Crippen LogP contribution in [-0.2, 0) is 27.2 Å². The first kappa shape index (κ1) is 20.7. The van der Waals surface area contributed by atoms with Crippen molar-refractivity contribution in [2.45, 2.75) is 27.7 Å². The molecule has 0 aliphatic rings. The predicted octanol–water partition coefficient (Wildman–Crippen LogP) is 1.60. The summed E-state index contributed by atoms with van der Waals surface area (Å²) in [5.74, 6) is -0.972. The van der Waals surface area contributed by atoms with Gasteiger partial charge in [-0.3, -0.25) is 9.78 Å². The van der Waals surface area contributed by atoms with Gasteiger partial charge in [0.25, 0.3) is 0 Å². The molecule has 0 amide bonds. The number of carbonyl (C=O) groups is 1. The Morgan fingerprint density at radius 3 is 1.69 bits per heavy atom. The third-order valence-electron chi connectivity index (χ3n) is 1.52. The molecule has 3 N–H and O–H groups in total. The molecular weight excluding hydrogens is 302 g/mol. The number of rotatable bonds is 1. The zero-order valence-corrected chi connectivity index (χ0v) is 11.4. The van der Waals surface area contributed by atoms with Crippen LogP contribution >= 0.6 is 0 Å². The quantitative estimate of drug-likeness (QED) is 0.798. The van der Waals surface area contributed by atoms with Crippen LogP contribution in [0.4, 0.5) is 0 Å². The van der Waals surface area contributed by atoms with Crippen LogP contribution in [0.25, 0.3) is 0 Å². The van der Waals surface area contributed by atoms with Gasteiger partial charge in [-0.15, -0.1) is 0 Å². The van der Waals surface area contributed by atoms with E-state index >= 15 is 0 Å². The molecule has 0 bridgehead atoms. The zero-order chi connectivity index (χ0) is 11.1. The normalized spacial score (nSPS) is 8.06. The number of carboxylic acid groups (broad SMARTS) is 1. The van der Waals surface area contributed by atoms with Gasteiger partial charge < -0.3 is 10.6 Å². The fraction of sp³-hybridized carbons (Fsp3) is 0.455. The summed E-state index contributed by atoms with van der Waals surface area (Å²) >= 11 is 0. The number of nitrogens with zero attached hydrogens (tertiary/aromatic N) is 1. The van der Waals surface area contributed by atoms with Crippen LogP contribution in [0.3, 0.4) is 0 Å². The molecule has 1 radical (unpaired) electrons. The van der Waals surface area contributed by atoms with Gasteiger partial charge in [-0.2, -0.15) is 0 Å². The average molecular weight is 321 g/mol. The Bertz CT molecular complexity index is 286. The molecule has 0 unspecified atom stereocenters. The number of aromatic nitrogens is 1. The van der Waals surface area contributed by atoms with Crippen molar-refractivity contribution >= 4 is 5.97 Å². The van der Waals surface area contributed by atoms with E-state index < -0.39 is 5.97 Å². The molecule has 1 aromatic rings. The second-order valence-electron chi connectivity index (χ2n) is 3.41. The van der Waals surface area contributed by atoms with Gasteiger partial charge in [0.1, 0.15) is 0 Å². The maximum atomic E-state index is 9.70. The van der Waals surface area contributed by atoms with E-state index in [0.29, 0.717) is 0 Å². The van der Waals surface area contributed by atoms with Gasteiger partial charge >= 0.3 is 5.97 Å². The van der Waals surface area contributed by atoms with Crippen molar-refractivity contribution in [3.63, 3.8) is 0 Å². The van der Waals surface area contributed by atoms with Gasteiger partial charge in [-0.25, -0.2) is 0 Å². The third kappa shape index (κ3) is 11.4. The average Bonchev–Trinajstić information content (AvgIpc) is 2.04. The standard InChI is InChI=1S/C7H9N.C4H8O2.Ag.H2O/c1-6-4-3-5-7(2)8-6;1-3(2)4(5)6;;/h3-5H,1-2H3;3H,1-2H3,(H,5,6);;1H2. The number of aliphatic carboxylic acids is 1. The molecule has 0 fully saturated rings. The van der Waals surface area contributed by atoms with E-state index in [2.05, 4.69) is 4.98 Å². The number of hydrogen-bond donors (Lipinski definition) is 1. The summed E-state index contributed by atoms with van der Waals surface area (Å²) in [7, 11) is 0. The molecule has 0 aromatic carbocycles. The zero-order valence-electron chi connectivity index (χ0n) is 9.91. The molecule has 0 aliphatic carbocycles. The topological polar surface area (TPSA) is 81.7 Å². The van der Waals surface area contributed by atoms with E-state index in [9.17, 15) is 4.79 Å². The number of hydrogen-bond acceptors (Lipinski definition) is 2. The molecule has 0 atom stereocenters. The van der Waals surface area contributed by atoms with Crippen molar-refractivity contribution < 1.29 is 37.8 Å². The SMILES string of the molecule is CC(C)C(=O)O.Cc1cccc(C)n1.O.[Ag]. The van der Waals surface area contributed by atoms with Crippen molar-refractivity contribution in [2.24, 2.45) is 5.92 Å². The van der Waals surface area contributed by atoms with Crippen molar-refractivity contribution in [1.82, 2.24) is 4.98 Å². The summed E-state index contributed by atoms with van der Waals surface area (Å²) < 4.78 is 0. The van der Waals surface area contributed by atoms with Crippen LogP contribution in [0, 0.1) is 19.8 Å². The minimum atomic E-state index is -0.741. The van der Waals surface area contributed by atoms with Crippen molar-refractivity contribution in [2.75, 3.05) is 0 Å². The molecule has 1 rings (SSSR count). The van der Waals surface area contributed by atoms with E-state index in [1.807, 2.05) is 32.0 Å². The Labute approximate surface area is 112 Å². The second-order valence-corrected chi connectivity index (χ2v) is 3.41. The summed E-state index contributed by atoms with van der Waals surface area (Å²) in [5, 5.41) is 7.99. The maximum absolute atomic E-state index is 9.70. The summed E-state index contributed by atoms with van der Waals surface area (Å²) in [4.78, 5) is 13.9. The molecule has 0 aliphatic heterocycles. The number of pyridine rings is 1. The molecule has 0 saturated carbocycles. The molecule has 0 saturated heterocycles. The molecule has 16 heavy (non-hydrogen) atoms. The molecule has 0 spiro atoms. The van der Waals surface area contributed by atoms with E-state index in [4.69, 9.17) is 5.11 Å². The summed E-state index contributed by atoms with van der Waals surface area (Å²) in [6.07, 6.45) is 0. The monoisotopic (exact) mass is 320 g/mol. The van der Waals surface area contributed by atoms with E-state index in [-0.39, 0.29) is 33.8 Å². The molecule has 4 nitrogen and oxygen atoms in total. The van der Waals surface area contributed by atoms with Crippen LogP contribution in [0.5, 0.6) is 0 Å². The van der Waals surface area contributed by atoms with E-state index in [0.717, 1.165) is 11.4 Å². The van der Waals surface area contributed by atoms with Crippen LogP contribution in [-0.4, -0.2) is 21.5 Å². The summed E-state index contributed by atoms with van der Waals surface area (Å²) in [6.45, 7) is 7.27. The summed E-state index contributed by atoms with van der Waals surface area (Å²) in [5.41, 5.74) is 2.18. The van der Waals surface area contributed by atoms with E-state index in [1.54, 1.807) is 13.8 Å². The Kier molecular flexibility index (Phi) is 14.0.